The van der Waals surface area contributed by atoms with Gasteiger partial charge in [0.1, 0.15) is 5.75 Å². The molecular formula is C27H31N3O. The highest BCUT2D eigenvalue weighted by Crippen LogP contribution is 2.27. The van der Waals surface area contributed by atoms with E-state index < -0.39 is 0 Å². The van der Waals surface area contributed by atoms with Gasteiger partial charge in [0.15, 0.2) is 0 Å². The molecule has 4 heteroatoms. The van der Waals surface area contributed by atoms with Crippen molar-refractivity contribution in [1.82, 2.24) is 9.55 Å². The van der Waals surface area contributed by atoms with Crippen molar-refractivity contribution in [2.24, 2.45) is 4.99 Å². The largest absolute Gasteiger partial charge is 0.507 e. The zero-order valence-corrected chi connectivity index (χ0v) is 18.3. The lowest BCUT2D eigenvalue weighted by Crippen LogP contribution is -1.98. The van der Waals surface area contributed by atoms with Crippen LogP contribution in [0.2, 0.25) is 0 Å². The molecule has 0 aliphatic carbocycles. The normalized spacial score (nSPS) is 11.8. The smallest absolute Gasteiger partial charge is 0.230 e. The maximum Gasteiger partial charge on any atom is 0.230 e. The fourth-order valence-electron chi connectivity index (χ4n) is 4.15. The number of phenols is 1. The molecule has 31 heavy (non-hydrogen) atoms. The summed E-state index contributed by atoms with van der Waals surface area (Å²) in [5.41, 5.74) is 2.80. The summed E-state index contributed by atoms with van der Waals surface area (Å²) in [4.78, 5) is 9.49. The summed E-state index contributed by atoms with van der Waals surface area (Å²) in [5, 5.41) is 12.5. The van der Waals surface area contributed by atoms with Crippen LogP contribution in [0.3, 0.4) is 0 Å². The number of unbranched alkanes of at least 4 members (excludes halogenated alkanes) is 6. The van der Waals surface area contributed by atoms with E-state index >= 15 is 0 Å². The van der Waals surface area contributed by atoms with E-state index in [0.29, 0.717) is 5.95 Å². The molecule has 0 saturated carbocycles. The fraction of sp³-hybridized carbons (Fsp3) is 0.333. The number of nitrogens with zero attached hydrogens (tertiary/aromatic N) is 3. The van der Waals surface area contributed by atoms with Gasteiger partial charge < -0.3 is 9.67 Å². The number of aromatic nitrogens is 2. The predicted molar refractivity (Wildman–Crippen MR) is 131 cm³/mol. The lowest BCUT2D eigenvalue weighted by molar-refractivity contribution is 0.475. The summed E-state index contributed by atoms with van der Waals surface area (Å²) < 4.78 is 2.21. The van der Waals surface area contributed by atoms with Crippen LogP contribution in [0.25, 0.3) is 21.8 Å². The molecule has 0 fully saturated rings. The minimum absolute atomic E-state index is 0.234. The summed E-state index contributed by atoms with van der Waals surface area (Å²) >= 11 is 0. The second-order valence-electron chi connectivity index (χ2n) is 8.15. The summed E-state index contributed by atoms with van der Waals surface area (Å²) in [7, 11) is 0. The van der Waals surface area contributed by atoms with Gasteiger partial charge in [0.05, 0.1) is 11.0 Å². The number of fused-ring (bicyclic) bond motifs is 2. The summed E-state index contributed by atoms with van der Waals surface area (Å²) in [6, 6.07) is 19.9. The molecule has 0 aliphatic heterocycles. The second kappa shape index (κ2) is 10.3. The molecule has 0 unspecified atom stereocenters. The van der Waals surface area contributed by atoms with Gasteiger partial charge in [-0.3, -0.25) is 0 Å². The molecular weight excluding hydrogens is 382 g/mol. The SMILES string of the molecule is CCCCCCCCCn1c(/N=C/c2c(O)ccc3ccccc23)nc2ccccc21. The first kappa shape index (κ1) is 21.1. The molecule has 4 aromatic rings. The van der Waals surface area contributed by atoms with Gasteiger partial charge in [0.2, 0.25) is 5.95 Å². The lowest BCUT2D eigenvalue weighted by atomic mass is 10.0. The van der Waals surface area contributed by atoms with Crippen LogP contribution in [-0.2, 0) is 6.54 Å². The van der Waals surface area contributed by atoms with Gasteiger partial charge in [-0.25, -0.2) is 9.98 Å². The van der Waals surface area contributed by atoms with Crippen molar-refractivity contribution in [3.05, 3.63) is 66.2 Å². The Morgan fingerprint density at radius 2 is 1.61 bits per heavy atom. The lowest BCUT2D eigenvalue weighted by Gasteiger charge is -2.07. The summed E-state index contributed by atoms with van der Waals surface area (Å²) in [6.07, 6.45) is 10.7. The van der Waals surface area contributed by atoms with Crippen LogP contribution in [-0.4, -0.2) is 20.9 Å². The molecule has 1 heterocycles. The molecule has 0 atom stereocenters. The Hall–Kier alpha value is -3.14. The van der Waals surface area contributed by atoms with Crippen molar-refractivity contribution in [3.8, 4) is 5.75 Å². The van der Waals surface area contributed by atoms with E-state index in [9.17, 15) is 5.11 Å². The summed E-state index contributed by atoms with van der Waals surface area (Å²) in [6.45, 7) is 3.16. The van der Waals surface area contributed by atoms with E-state index in [0.717, 1.165) is 40.3 Å². The minimum atomic E-state index is 0.234. The molecule has 0 bridgehead atoms. The fourth-order valence-corrected chi connectivity index (χ4v) is 4.15. The zero-order chi connectivity index (χ0) is 21.5. The van der Waals surface area contributed by atoms with E-state index in [4.69, 9.17) is 9.98 Å². The Kier molecular flexibility index (Phi) is 6.98. The van der Waals surface area contributed by atoms with E-state index in [1.54, 1.807) is 12.3 Å². The number of hydrogen-bond acceptors (Lipinski definition) is 3. The highest BCUT2D eigenvalue weighted by Gasteiger charge is 2.10. The number of benzene rings is 3. The number of aromatic hydroxyl groups is 1. The Morgan fingerprint density at radius 1 is 0.871 bits per heavy atom. The van der Waals surface area contributed by atoms with E-state index in [2.05, 4.69) is 23.6 Å². The number of rotatable bonds is 10. The van der Waals surface area contributed by atoms with Gasteiger partial charge in [-0.1, -0.05) is 87.9 Å². The maximum absolute atomic E-state index is 10.4. The number of para-hydroxylation sites is 2. The Bertz CT molecular complexity index is 1180. The molecule has 160 valence electrons. The van der Waals surface area contributed by atoms with Crippen molar-refractivity contribution in [2.45, 2.75) is 58.4 Å². The van der Waals surface area contributed by atoms with Gasteiger partial charge in [-0.05, 0) is 35.4 Å². The number of aryl methyl sites for hydroxylation is 1. The highest BCUT2D eigenvalue weighted by molar-refractivity contribution is 6.03. The predicted octanol–water partition coefficient (Wildman–Crippen LogP) is 7.40. The first-order chi connectivity index (χ1) is 15.3. The average Bonchev–Trinajstić information content (AvgIpc) is 3.15. The average molecular weight is 414 g/mol. The Balaban J connectivity index is 1.57. The van der Waals surface area contributed by atoms with Gasteiger partial charge in [-0.2, -0.15) is 0 Å². The third-order valence-electron chi connectivity index (χ3n) is 5.88. The van der Waals surface area contributed by atoms with Crippen molar-refractivity contribution in [2.75, 3.05) is 0 Å². The second-order valence-corrected chi connectivity index (χ2v) is 8.15. The molecule has 1 aromatic heterocycles. The first-order valence-electron chi connectivity index (χ1n) is 11.5. The van der Waals surface area contributed by atoms with Crippen molar-refractivity contribution < 1.29 is 5.11 Å². The first-order valence-corrected chi connectivity index (χ1v) is 11.5. The monoisotopic (exact) mass is 413 g/mol. The van der Waals surface area contributed by atoms with Gasteiger partial charge >= 0.3 is 0 Å². The number of phenolic OH excluding ortho intramolecular Hbond substituents is 1. The highest BCUT2D eigenvalue weighted by atomic mass is 16.3. The molecule has 0 amide bonds. The number of aliphatic imine (C=N–C) groups is 1. The van der Waals surface area contributed by atoms with Gasteiger partial charge in [0.25, 0.3) is 0 Å². The minimum Gasteiger partial charge on any atom is -0.507 e. The van der Waals surface area contributed by atoms with Crippen LogP contribution < -0.4 is 0 Å². The Labute approximate surface area is 184 Å². The van der Waals surface area contributed by atoms with Gasteiger partial charge in [0, 0.05) is 18.3 Å². The number of imidazole rings is 1. The van der Waals surface area contributed by atoms with Crippen LogP contribution in [0.15, 0.2) is 65.7 Å². The van der Waals surface area contributed by atoms with Crippen LogP contribution in [0.5, 0.6) is 5.75 Å². The van der Waals surface area contributed by atoms with Crippen LogP contribution in [0.4, 0.5) is 5.95 Å². The molecule has 3 aromatic carbocycles. The molecule has 4 nitrogen and oxygen atoms in total. The standard InChI is InChI=1S/C27H31N3O/c1-2-3-4-5-6-7-12-19-30-25-16-11-10-15-24(25)29-27(30)28-20-23-22-14-9-8-13-21(22)17-18-26(23)31/h8-11,13-18,20,31H,2-7,12,19H2,1H3/b28-20+. The topological polar surface area (TPSA) is 50.4 Å². The van der Waals surface area contributed by atoms with E-state index in [1.165, 1.54) is 38.5 Å². The van der Waals surface area contributed by atoms with Crippen LogP contribution in [0.1, 0.15) is 57.4 Å². The molecule has 1 N–H and O–H groups in total. The third-order valence-corrected chi connectivity index (χ3v) is 5.88. The third kappa shape index (κ3) is 4.96. The number of hydrogen-bond donors (Lipinski definition) is 1. The van der Waals surface area contributed by atoms with E-state index in [1.807, 2.05) is 42.5 Å². The molecule has 0 radical (unpaired) electrons. The Morgan fingerprint density at radius 3 is 2.48 bits per heavy atom. The quantitative estimate of drug-likeness (QED) is 0.217. The van der Waals surface area contributed by atoms with Crippen LogP contribution >= 0.6 is 0 Å². The zero-order valence-electron chi connectivity index (χ0n) is 18.3. The maximum atomic E-state index is 10.4. The molecule has 0 aliphatic rings. The molecule has 0 spiro atoms. The van der Waals surface area contributed by atoms with Gasteiger partial charge in [-0.15, -0.1) is 0 Å². The summed E-state index contributed by atoms with van der Waals surface area (Å²) in [5.74, 6) is 0.928. The molecule has 0 saturated heterocycles. The van der Waals surface area contributed by atoms with Crippen molar-refractivity contribution in [3.63, 3.8) is 0 Å². The van der Waals surface area contributed by atoms with Crippen molar-refractivity contribution >= 4 is 34.0 Å². The van der Waals surface area contributed by atoms with Crippen molar-refractivity contribution in [1.29, 1.82) is 0 Å². The van der Waals surface area contributed by atoms with Crippen LogP contribution in [0, 0.1) is 0 Å². The molecule has 4 rings (SSSR count). The van der Waals surface area contributed by atoms with E-state index in [-0.39, 0.29) is 5.75 Å².